The monoisotopic (exact) mass is 346 g/mol. The van der Waals surface area contributed by atoms with Crippen LogP contribution in [0.1, 0.15) is 33.3 Å². The minimum Gasteiger partial charge on any atom is -0.486 e. The third-order valence-electron chi connectivity index (χ3n) is 4.53. The van der Waals surface area contributed by atoms with Crippen LogP contribution in [0.3, 0.4) is 0 Å². The Hall–Kier alpha value is -2.57. The maximum Gasteiger partial charge on any atom is 0.325 e. The third kappa shape index (κ3) is 2.94. The lowest BCUT2D eigenvalue weighted by Crippen LogP contribution is -2.42. The Labute approximate surface area is 146 Å². The van der Waals surface area contributed by atoms with E-state index in [9.17, 15) is 14.4 Å². The van der Waals surface area contributed by atoms with E-state index in [0.29, 0.717) is 30.3 Å². The Morgan fingerprint density at radius 2 is 1.84 bits per heavy atom. The minimum absolute atomic E-state index is 0.178. The van der Waals surface area contributed by atoms with E-state index in [1.165, 1.54) is 0 Å². The molecule has 134 valence electrons. The van der Waals surface area contributed by atoms with Gasteiger partial charge in [0.2, 0.25) is 0 Å². The van der Waals surface area contributed by atoms with Crippen LogP contribution in [0.4, 0.5) is 4.79 Å². The van der Waals surface area contributed by atoms with E-state index in [2.05, 4.69) is 5.32 Å². The Bertz CT molecular complexity index is 752. The number of ketones is 1. The quantitative estimate of drug-likeness (QED) is 0.844. The van der Waals surface area contributed by atoms with E-state index in [1.807, 2.05) is 0 Å². The number of benzene rings is 1. The van der Waals surface area contributed by atoms with Crippen molar-refractivity contribution in [1.29, 1.82) is 0 Å². The summed E-state index contributed by atoms with van der Waals surface area (Å²) in [6, 6.07) is 4.57. The molecule has 2 aliphatic rings. The molecule has 1 N–H and O–H groups in total. The number of amides is 3. The van der Waals surface area contributed by atoms with Crippen LogP contribution in [-0.2, 0) is 15.1 Å². The summed E-state index contributed by atoms with van der Waals surface area (Å²) >= 11 is 0. The summed E-state index contributed by atoms with van der Waals surface area (Å²) in [5.41, 5.74) is -1.29. The molecule has 7 nitrogen and oxygen atoms in total. The molecule has 2 heterocycles. The van der Waals surface area contributed by atoms with Crippen LogP contribution in [-0.4, -0.2) is 42.4 Å². The number of Topliss-reactive ketones (excluding diaryl/α,β-unsaturated/α-hetero) is 1. The molecule has 1 aromatic rings. The van der Waals surface area contributed by atoms with Gasteiger partial charge in [-0.15, -0.1) is 0 Å². The lowest BCUT2D eigenvalue weighted by Gasteiger charge is -2.25. The molecule has 0 aromatic heterocycles. The third-order valence-corrected chi connectivity index (χ3v) is 4.53. The number of carbonyl (C=O) groups excluding carboxylic acids is 3. The highest BCUT2D eigenvalue weighted by atomic mass is 16.6. The fourth-order valence-corrected chi connectivity index (χ4v) is 2.77. The zero-order valence-electron chi connectivity index (χ0n) is 14.8. The van der Waals surface area contributed by atoms with Crippen molar-refractivity contribution in [1.82, 2.24) is 10.2 Å². The smallest absolute Gasteiger partial charge is 0.325 e. The van der Waals surface area contributed by atoms with Crippen LogP contribution < -0.4 is 14.8 Å². The average Bonchev–Trinajstić information content (AvgIpc) is 2.77. The number of hydrogen-bond acceptors (Lipinski definition) is 5. The summed E-state index contributed by atoms with van der Waals surface area (Å²) in [6.45, 7) is 7.56. The Balaban J connectivity index is 1.88. The lowest BCUT2D eigenvalue weighted by atomic mass is 9.89. The van der Waals surface area contributed by atoms with Gasteiger partial charge in [-0.2, -0.15) is 0 Å². The number of hydrogen-bond donors (Lipinski definition) is 1. The highest BCUT2D eigenvalue weighted by molar-refractivity contribution is 6.09. The van der Waals surface area contributed by atoms with Crippen molar-refractivity contribution in [2.24, 2.45) is 5.41 Å². The summed E-state index contributed by atoms with van der Waals surface area (Å²) in [6.07, 6.45) is 0. The number of fused-ring (bicyclic) bond motifs is 1. The molecule has 1 fully saturated rings. The summed E-state index contributed by atoms with van der Waals surface area (Å²) < 4.78 is 11.0. The van der Waals surface area contributed by atoms with Crippen LogP contribution >= 0.6 is 0 Å². The standard InChI is InChI=1S/C18H22N2O5/c1-17(2,3)14(21)10-20-15(22)18(4,19-16(20)23)11-5-6-12-13(9-11)25-8-7-24-12/h5-6,9H,7-8,10H2,1-4H3,(H,19,23)/t18-/m1/s1. The minimum atomic E-state index is -1.24. The highest BCUT2D eigenvalue weighted by Crippen LogP contribution is 2.37. The molecule has 7 heteroatoms. The zero-order valence-corrected chi connectivity index (χ0v) is 14.8. The van der Waals surface area contributed by atoms with Crippen LogP contribution in [0.25, 0.3) is 0 Å². The Morgan fingerprint density at radius 3 is 2.48 bits per heavy atom. The molecule has 0 unspecified atom stereocenters. The lowest BCUT2D eigenvalue weighted by molar-refractivity contribution is -0.136. The topological polar surface area (TPSA) is 84.9 Å². The van der Waals surface area contributed by atoms with E-state index < -0.39 is 22.9 Å². The summed E-state index contributed by atoms with van der Waals surface area (Å²) in [4.78, 5) is 38.4. The molecule has 3 rings (SSSR count). The van der Waals surface area contributed by atoms with E-state index in [4.69, 9.17) is 9.47 Å². The molecule has 1 aromatic carbocycles. The normalized spacial score (nSPS) is 22.8. The molecule has 1 atom stereocenters. The van der Waals surface area contributed by atoms with Crippen molar-refractivity contribution in [3.8, 4) is 11.5 Å². The van der Waals surface area contributed by atoms with Gasteiger partial charge in [-0.05, 0) is 24.6 Å². The molecule has 0 bridgehead atoms. The van der Waals surface area contributed by atoms with Gasteiger partial charge in [0.15, 0.2) is 17.3 Å². The molecule has 2 aliphatic heterocycles. The molecule has 1 saturated heterocycles. The van der Waals surface area contributed by atoms with Gasteiger partial charge in [-0.25, -0.2) is 4.79 Å². The maximum absolute atomic E-state index is 12.9. The number of rotatable bonds is 3. The Kier molecular flexibility index (Phi) is 3.97. The number of nitrogens with one attached hydrogen (secondary N) is 1. The predicted octanol–water partition coefficient (Wildman–Crippen LogP) is 1.84. The predicted molar refractivity (Wildman–Crippen MR) is 89.5 cm³/mol. The van der Waals surface area contributed by atoms with Crippen molar-refractivity contribution in [3.05, 3.63) is 23.8 Å². The first-order valence-corrected chi connectivity index (χ1v) is 8.20. The number of ether oxygens (including phenoxy) is 2. The molecule has 0 saturated carbocycles. The number of imide groups is 1. The van der Waals surface area contributed by atoms with Crippen LogP contribution in [0.2, 0.25) is 0 Å². The fourth-order valence-electron chi connectivity index (χ4n) is 2.77. The summed E-state index contributed by atoms with van der Waals surface area (Å²) in [5, 5.41) is 2.70. The summed E-state index contributed by atoms with van der Waals surface area (Å²) in [5.74, 6) is 0.514. The van der Waals surface area contributed by atoms with Crippen molar-refractivity contribution in [2.45, 2.75) is 33.2 Å². The molecule has 0 spiro atoms. The van der Waals surface area contributed by atoms with Crippen LogP contribution in [0, 0.1) is 5.41 Å². The first-order chi connectivity index (χ1) is 11.6. The second-order valence-corrected chi connectivity index (χ2v) is 7.48. The van der Waals surface area contributed by atoms with Gasteiger partial charge in [0, 0.05) is 5.41 Å². The number of nitrogens with zero attached hydrogens (tertiary/aromatic N) is 1. The molecule has 0 radical (unpaired) electrons. The van der Waals surface area contributed by atoms with Gasteiger partial charge in [0.25, 0.3) is 5.91 Å². The number of carbonyl (C=O) groups is 3. The highest BCUT2D eigenvalue weighted by Gasteiger charge is 2.50. The molecular formula is C18H22N2O5. The van der Waals surface area contributed by atoms with Crippen molar-refractivity contribution in [3.63, 3.8) is 0 Å². The maximum atomic E-state index is 12.9. The average molecular weight is 346 g/mol. The first-order valence-electron chi connectivity index (χ1n) is 8.20. The van der Waals surface area contributed by atoms with Crippen LogP contribution in [0.15, 0.2) is 18.2 Å². The largest absolute Gasteiger partial charge is 0.486 e. The summed E-state index contributed by atoms with van der Waals surface area (Å²) in [7, 11) is 0. The molecule has 3 amide bonds. The van der Waals surface area contributed by atoms with Gasteiger partial charge in [-0.3, -0.25) is 14.5 Å². The zero-order chi connectivity index (χ0) is 18.4. The van der Waals surface area contributed by atoms with E-state index >= 15 is 0 Å². The number of urea groups is 1. The van der Waals surface area contributed by atoms with Gasteiger partial charge < -0.3 is 14.8 Å². The molecule has 25 heavy (non-hydrogen) atoms. The van der Waals surface area contributed by atoms with Gasteiger partial charge in [-0.1, -0.05) is 26.8 Å². The van der Waals surface area contributed by atoms with Crippen molar-refractivity contribution in [2.75, 3.05) is 19.8 Å². The Morgan fingerprint density at radius 1 is 1.20 bits per heavy atom. The second kappa shape index (κ2) is 5.75. The van der Waals surface area contributed by atoms with E-state index in [1.54, 1.807) is 45.9 Å². The van der Waals surface area contributed by atoms with Crippen molar-refractivity contribution < 1.29 is 23.9 Å². The van der Waals surface area contributed by atoms with Gasteiger partial charge in [0.05, 0.1) is 6.54 Å². The first kappa shape index (κ1) is 17.3. The molecule has 0 aliphatic carbocycles. The van der Waals surface area contributed by atoms with E-state index in [0.717, 1.165) is 4.90 Å². The molecular weight excluding hydrogens is 324 g/mol. The van der Waals surface area contributed by atoms with Gasteiger partial charge >= 0.3 is 6.03 Å². The van der Waals surface area contributed by atoms with Crippen LogP contribution in [0.5, 0.6) is 11.5 Å². The second-order valence-electron chi connectivity index (χ2n) is 7.48. The fraction of sp³-hybridized carbons (Fsp3) is 0.500. The SMILES string of the molecule is CC(C)(C)C(=O)CN1C(=O)N[C@](C)(c2ccc3c(c2)OCCO3)C1=O. The van der Waals surface area contributed by atoms with Gasteiger partial charge in [0.1, 0.15) is 18.8 Å². The van der Waals surface area contributed by atoms with Crippen molar-refractivity contribution >= 4 is 17.7 Å². The van der Waals surface area contributed by atoms with E-state index in [-0.39, 0.29) is 12.3 Å².